The summed E-state index contributed by atoms with van der Waals surface area (Å²) in [6.45, 7) is 6.72. The number of rotatable bonds is 7. The number of anilines is 2. The van der Waals surface area contributed by atoms with E-state index >= 15 is 0 Å². The van der Waals surface area contributed by atoms with Gasteiger partial charge in [-0.1, -0.05) is 0 Å². The number of carbonyl (C=O) groups is 2. The molecule has 7 nitrogen and oxygen atoms in total. The van der Waals surface area contributed by atoms with Crippen LogP contribution in [-0.2, 0) is 4.79 Å². The van der Waals surface area contributed by atoms with Gasteiger partial charge in [-0.15, -0.1) is 0 Å². The monoisotopic (exact) mass is 411 g/mol. The Bertz CT molecular complexity index is 890. The van der Waals surface area contributed by atoms with Gasteiger partial charge in [-0.3, -0.25) is 14.5 Å². The molecule has 30 heavy (non-hydrogen) atoms. The average molecular weight is 412 g/mol. The summed E-state index contributed by atoms with van der Waals surface area (Å²) in [5, 5.41) is 2.96. The van der Waals surface area contributed by atoms with Gasteiger partial charge >= 0.3 is 0 Å². The molecule has 0 aromatic heterocycles. The molecule has 1 saturated heterocycles. The Morgan fingerprint density at radius 3 is 2.13 bits per heavy atom. The van der Waals surface area contributed by atoms with Crippen molar-refractivity contribution in [1.29, 1.82) is 0 Å². The molecule has 1 amide bonds. The van der Waals surface area contributed by atoms with E-state index in [1.807, 2.05) is 31.2 Å². The zero-order chi connectivity index (χ0) is 21.7. The van der Waals surface area contributed by atoms with Crippen molar-refractivity contribution in [1.82, 2.24) is 4.90 Å². The number of Topliss-reactive ketones (excluding diaryl/α,β-unsaturated/α-hetero) is 1. The molecule has 2 aromatic carbocycles. The molecule has 1 heterocycles. The Labute approximate surface area is 177 Å². The van der Waals surface area contributed by atoms with Crippen LogP contribution in [0, 0.1) is 0 Å². The lowest BCUT2D eigenvalue weighted by molar-refractivity contribution is -0.120. The Balaban J connectivity index is 1.56. The van der Waals surface area contributed by atoms with Crippen LogP contribution in [0.5, 0.6) is 11.5 Å². The second-order valence-electron chi connectivity index (χ2n) is 7.36. The first-order valence-corrected chi connectivity index (χ1v) is 10.1. The molecule has 0 bridgehead atoms. The number of carbonyl (C=O) groups excluding carboxylic acids is 2. The zero-order valence-corrected chi connectivity index (χ0v) is 18.0. The second kappa shape index (κ2) is 9.63. The Morgan fingerprint density at radius 1 is 0.933 bits per heavy atom. The van der Waals surface area contributed by atoms with Gasteiger partial charge in [0.05, 0.1) is 20.3 Å². The van der Waals surface area contributed by atoms with E-state index in [-0.39, 0.29) is 17.7 Å². The fourth-order valence-corrected chi connectivity index (χ4v) is 3.60. The van der Waals surface area contributed by atoms with Crippen molar-refractivity contribution >= 4 is 23.1 Å². The third-order valence-corrected chi connectivity index (χ3v) is 5.53. The molecular formula is C23H29N3O4. The minimum absolute atomic E-state index is 0.0542. The number of nitrogens with one attached hydrogen (secondary N) is 1. The highest BCUT2D eigenvalue weighted by atomic mass is 16.5. The van der Waals surface area contributed by atoms with Gasteiger partial charge in [0.25, 0.3) is 0 Å². The van der Waals surface area contributed by atoms with Gasteiger partial charge in [0, 0.05) is 49.2 Å². The van der Waals surface area contributed by atoms with Crippen molar-refractivity contribution in [2.45, 2.75) is 19.9 Å². The van der Waals surface area contributed by atoms with E-state index in [9.17, 15) is 9.59 Å². The van der Waals surface area contributed by atoms with Crippen LogP contribution in [0.1, 0.15) is 24.2 Å². The van der Waals surface area contributed by atoms with Crippen LogP contribution >= 0.6 is 0 Å². The van der Waals surface area contributed by atoms with Crippen LogP contribution < -0.4 is 19.7 Å². The average Bonchev–Trinajstić information content (AvgIpc) is 2.78. The van der Waals surface area contributed by atoms with Crippen LogP contribution in [-0.4, -0.2) is 63.0 Å². The number of ether oxygens (including phenoxy) is 2. The third kappa shape index (κ3) is 4.91. The standard InChI is InChI=1S/C23H29N3O4/c1-16(23(28)24-19-7-10-21(29-3)22(15-19)30-4)25-11-13-26(14-12-25)20-8-5-18(6-9-20)17(2)27/h5-10,15-16H,11-14H2,1-4H3,(H,24,28). The highest BCUT2D eigenvalue weighted by Gasteiger charge is 2.26. The van der Waals surface area contributed by atoms with Crippen molar-refractivity contribution < 1.29 is 19.1 Å². The summed E-state index contributed by atoms with van der Waals surface area (Å²) in [5.74, 6) is 1.21. The van der Waals surface area contributed by atoms with Gasteiger partial charge in [0.15, 0.2) is 17.3 Å². The van der Waals surface area contributed by atoms with Crippen LogP contribution in [0.3, 0.4) is 0 Å². The smallest absolute Gasteiger partial charge is 0.241 e. The van der Waals surface area contributed by atoms with Crippen molar-refractivity contribution in [2.75, 3.05) is 50.6 Å². The molecular weight excluding hydrogens is 382 g/mol. The molecule has 1 atom stereocenters. The topological polar surface area (TPSA) is 71.1 Å². The first kappa shape index (κ1) is 21.6. The third-order valence-electron chi connectivity index (χ3n) is 5.53. The van der Waals surface area contributed by atoms with Crippen LogP contribution in [0.4, 0.5) is 11.4 Å². The van der Waals surface area contributed by atoms with Gasteiger partial charge < -0.3 is 19.7 Å². The van der Waals surface area contributed by atoms with Gasteiger partial charge in [0.1, 0.15) is 0 Å². The number of methoxy groups -OCH3 is 2. The van der Waals surface area contributed by atoms with Crippen molar-refractivity contribution in [2.24, 2.45) is 0 Å². The molecule has 1 aliphatic heterocycles. The predicted octanol–water partition coefficient (Wildman–Crippen LogP) is 3.06. The molecule has 1 fully saturated rings. The number of benzene rings is 2. The number of amides is 1. The number of hydrogen-bond donors (Lipinski definition) is 1. The minimum atomic E-state index is -0.250. The SMILES string of the molecule is COc1ccc(NC(=O)C(C)N2CCN(c3ccc(C(C)=O)cc3)CC2)cc1OC. The molecule has 0 aliphatic carbocycles. The maximum Gasteiger partial charge on any atom is 0.241 e. The van der Waals surface area contributed by atoms with Gasteiger partial charge in [-0.25, -0.2) is 0 Å². The summed E-state index contributed by atoms with van der Waals surface area (Å²) in [7, 11) is 3.15. The van der Waals surface area contributed by atoms with Crippen molar-refractivity contribution in [3.8, 4) is 11.5 Å². The number of piperazine rings is 1. The summed E-state index contributed by atoms with van der Waals surface area (Å²) in [5.41, 5.74) is 2.49. The molecule has 1 unspecified atom stereocenters. The minimum Gasteiger partial charge on any atom is -0.493 e. The van der Waals surface area contributed by atoms with Gasteiger partial charge in [0.2, 0.25) is 5.91 Å². The van der Waals surface area contributed by atoms with Gasteiger partial charge in [-0.2, -0.15) is 0 Å². The number of ketones is 1. The summed E-state index contributed by atoms with van der Waals surface area (Å²) >= 11 is 0. The summed E-state index contributed by atoms with van der Waals surface area (Å²) < 4.78 is 10.5. The fourth-order valence-electron chi connectivity index (χ4n) is 3.60. The predicted molar refractivity (Wildman–Crippen MR) is 118 cm³/mol. The quantitative estimate of drug-likeness (QED) is 0.706. The molecule has 1 aliphatic rings. The molecule has 1 N–H and O–H groups in total. The summed E-state index contributed by atoms with van der Waals surface area (Å²) in [6, 6.07) is 12.8. The number of hydrogen-bond acceptors (Lipinski definition) is 6. The van der Waals surface area contributed by atoms with E-state index in [4.69, 9.17) is 9.47 Å². The second-order valence-corrected chi connectivity index (χ2v) is 7.36. The van der Waals surface area contributed by atoms with E-state index in [2.05, 4.69) is 15.1 Å². The molecule has 0 saturated carbocycles. The van der Waals surface area contributed by atoms with Crippen LogP contribution in [0.15, 0.2) is 42.5 Å². The van der Waals surface area contributed by atoms with E-state index in [0.29, 0.717) is 17.2 Å². The summed E-state index contributed by atoms with van der Waals surface area (Å²) in [6.07, 6.45) is 0. The highest BCUT2D eigenvalue weighted by Crippen LogP contribution is 2.30. The first-order valence-electron chi connectivity index (χ1n) is 10.1. The molecule has 2 aromatic rings. The lowest BCUT2D eigenvalue weighted by atomic mass is 10.1. The maximum atomic E-state index is 12.7. The lowest BCUT2D eigenvalue weighted by Gasteiger charge is -2.38. The van der Waals surface area contributed by atoms with E-state index in [1.54, 1.807) is 39.3 Å². The van der Waals surface area contributed by atoms with Crippen LogP contribution in [0.25, 0.3) is 0 Å². The molecule has 0 spiro atoms. The summed E-state index contributed by atoms with van der Waals surface area (Å²) in [4.78, 5) is 28.6. The maximum absolute atomic E-state index is 12.7. The normalized spacial score (nSPS) is 15.4. The van der Waals surface area contributed by atoms with Crippen molar-refractivity contribution in [3.63, 3.8) is 0 Å². The van der Waals surface area contributed by atoms with Crippen LogP contribution in [0.2, 0.25) is 0 Å². The highest BCUT2D eigenvalue weighted by molar-refractivity contribution is 5.95. The Morgan fingerprint density at radius 2 is 1.57 bits per heavy atom. The Hall–Kier alpha value is -3.06. The fraction of sp³-hybridized carbons (Fsp3) is 0.391. The lowest BCUT2D eigenvalue weighted by Crippen LogP contribution is -2.52. The Kier molecular flexibility index (Phi) is 6.95. The van der Waals surface area contributed by atoms with E-state index in [1.165, 1.54) is 0 Å². The zero-order valence-electron chi connectivity index (χ0n) is 18.0. The van der Waals surface area contributed by atoms with E-state index < -0.39 is 0 Å². The molecule has 160 valence electrons. The molecule has 7 heteroatoms. The van der Waals surface area contributed by atoms with Gasteiger partial charge in [-0.05, 0) is 50.2 Å². The number of nitrogens with zero attached hydrogens (tertiary/aromatic N) is 2. The largest absolute Gasteiger partial charge is 0.493 e. The first-order chi connectivity index (χ1) is 14.4. The molecule has 3 rings (SSSR count). The molecule has 0 radical (unpaired) electrons. The van der Waals surface area contributed by atoms with E-state index in [0.717, 1.165) is 37.4 Å². The van der Waals surface area contributed by atoms with Crippen molar-refractivity contribution in [3.05, 3.63) is 48.0 Å².